The summed E-state index contributed by atoms with van der Waals surface area (Å²) < 4.78 is 15.7. The Morgan fingerprint density at radius 2 is 1.97 bits per heavy atom. The highest BCUT2D eigenvalue weighted by atomic mass is 16.6. The van der Waals surface area contributed by atoms with E-state index in [2.05, 4.69) is 5.32 Å². The van der Waals surface area contributed by atoms with E-state index >= 15 is 0 Å². The van der Waals surface area contributed by atoms with Gasteiger partial charge in [-0.15, -0.1) is 0 Å². The van der Waals surface area contributed by atoms with Gasteiger partial charge in [0.1, 0.15) is 12.2 Å². The Balaban J connectivity index is 1.78. The molecule has 1 atom stereocenters. The van der Waals surface area contributed by atoms with E-state index in [1.807, 2.05) is 30.3 Å². The second-order valence-electron chi connectivity index (χ2n) is 6.87. The van der Waals surface area contributed by atoms with Crippen LogP contribution in [0.4, 0.5) is 11.4 Å². The number of likely N-dealkylation sites (tertiary alicyclic amines) is 1. The number of nitro benzene ring substituents is 1. The van der Waals surface area contributed by atoms with E-state index in [9.17, 15) is 14.9 Å². The van der Waals surface area contributed by atoms with Crippen LogP contribution < -0.4 is 14.8 Å². The van der Waals surface area contributed by atoms with Gasteiger partial charge in [0, 0.05) is 38.0 Å². The number of nitrogens with one attached hydrogen (secondary N) is 1. The van der Waals surface area contributed by atoms with E-state index in [4.69, 9.17) is 14.2 Å². The fraction of sp³-hybridized carbons (Fsp3) is 0.381. The van der Waals surface area contributed by atoms with Crippen LogP contribution in [0.2, 0.25) is 0 Å². The van der Waals surface area contributed by atoms with Gasteiger partial charge in [0.25, 0.3) is 11.6 Å². The van der Waals surface area contributed by atoms with Gasteiger partial charge >= 0.3 is 0 Å². The maximum absolute atomic E-state index is 13.1. The van der Waals surface area contributed by atoms with Crippen LogP contribution in [0.15, 0.2) is 42.5 Å². The van der Waals surface area contributed by atoms with Crippen molar-refractivity contribution in [2.75, 3.05) is 45.8 Å². The van der Waals surface area contributed by atoms with Crippen molar-refractivity contribution in [2.24, 2.45) is 0 Å². The zero-order valence-electron chi connectivity index (χ0n) is 17.0. The summed E-state index contributed by atoms with van der Waals surface area (Å²) in [6, 6.07) is 12.4. The zero-order chi connectivity index (χ0) is 21.5. The van der Waals surface area contributed by atoms with Crippen LogP contribution in [-0.2, 0) is 4.74 Å². The molecule has 2 aromatic rings. The highest BCUT2D eigenvalue weighted by molar-refractivity contribution is 5.99. The van der Waals surface area contributed by atoms with Crippen LogP contribution in [0, 0.1) is 10.1 Å². The molecule has 0 aromatic heterocycles. The van der Waals surface area contributed by atoms with E-state index in [1.54, 1.807) is 4.90 Å². The summed E-state index contributed by atoms with van der Waals surface area (Å²) in [4.78, 5) is 25.8. The summed E-state index contributed by atoms with van der Waals surface area (Å²) >= 11 is 0. The van der Waals surface area contributed by atoms with Crippen molar-refractivity contribution < 1.29 is 23.9 Å². The molecule has 160 valence electrons. The van der Waals surface area contributed by atoms with Gasteiger partial charge in [0.05, 0.1) is 24.7 Å². The van der Waals surface area contributed by atoms with E-state index in [0.717, 1.165) is 12.1 Å². The average molecular weight is 415 g/mol. The monoisotopic (exact) mass is 415 g/mol. The number of benzene rings is 2. The van der Waals surface area contributed by atoms with Gasteiger partial charge in [-0.3, -0.25) is 14.9 Å². The van der Waals surface area contributed by atoms with Crippen molar-refractivity contribution in [2.45, 2.75) is 12.5 Å². The summed E-state index contributed by atoms with van der Waals surface area (Å²) in [5, 5.41) is 15.0. The second-order valence-corrected chi connectivity index (χ2v) is 6.87. The van der Waals surface area contributed by atoms with E-state index in [0.29, 0.717) is 19.7 Å². The predicted molar refractivity (Wildman–Crippen MR) is 111 cm³/mol. The summed E-state index contributed by atoms with van der Waals surface area (Å²) in [6.07, 6.45) is 0.754. The van der Waals surface area contributed by atoms with Gasteiger partial charge in [0.2, 0.25) is 0 Å². The number of anilines is 1. The molecule has 1 amide bonds. The highest BCUT2D eigenvalue weighted by Gasteiger charge is 2.32. The standard InChI is InChI=1S/C21H25N3O6/c1-28-10-11-30-20-13-18(24(26)27)17(12-19(20)29-2)21(25)23-9-8-16(14-23)22-15-6-4-3-5-7-15/h3-7,12-13,16,22H,8-11,14H2,1-2H3. The number of hydrogen-bond donors (Lipinski definition) is 1. The van der Waals surface area contributed by atoms with Crippen molar-refractivity contribution >= 4 is 17.3 Å². The molecule has 1 N–H and O–H groups in total. The Bertz CT molecular complexity index is 890. The van der Waals surface area contributed by atoms with Crippen LogP contribution in [0.3, 0.4) is 0 Å². The smallest absolute Gasteiger partial charge is 0.286 e. The van der Waals surface area contributed by atoms with Crippen molar-refractivity contribution in [3.05, 3.63) is 58.1 Å². The number of nitrogens with zero attached hydrogens (tertiary/aromatic N) is 2. The van der Waals surface area contributed by atoms with Crippen LogP contribution in [0.5, 0.6) is 11.5 Å². The summed E-state index contributed by atoms with van der Waals surface area (Å²) in [6.45, 7) is 1.49. The first-order valence-corrected chi connectivity index (χ1v) is 9.62. The van der Waals surface area contributed by atoms with Gasteiger partial charge < -0.3 is 24.4 Å². The number of carbonyl (C=O) groups excluding carboxylic acids is 1. The second kappa shape index (κ2) is 9.93. The van der Waals surface area contributed by atoms with Crippen molar-refractivity contribution in [3.63, 3.8) is 0 Å². The fourth-order valence-corrected chi connectivity index (χ4v) is 3.38. The molecule has 1 saturated heterocycles. The Hall–Kier alpha value is -3.33. The maximum atomic E-state index is 13.1. The molecule has 1 unspecified atom stereocenters. The minimum absolute atomic E-state index is 0.0173. The first-order chi connectivity index (χ1) is 14.5. The molecule has 0 spiro atoms. The number of amides is 1. The minimum atomic E-state index is -0.578. The van der Waals surface area contributed by atoms with E-state index in [1.165, 1.54) is 26.4 Å². The molecule has 3 rings (SSSR count). The molecule has 2 aromatic carbocycles. The van der Waals surface area contributed by atoms with Crippen molar-refractivity contribution in [3.8, 4) is 11.5 Å². The lowest BCUT2D eigenvalue weighted by molar-refractivity contribution is -0.385. The molecule has 9 nitrogen and oxygen atoms in total. The van der Waals surface area contributed by atoms with E-state index in [-0.39, 0.29) is 35.4 Å². The maximum Gasteiger partial charge on any atom is 0.286 e. The fourth-order valence-electron chi connectivity index (χ4n) is 3.38. The Labute approximate surface area is 174 Å². The number of rotatable bonds is 9. The van der Waals surface area contributed by atoms with Crippen LogP contribution >= 0.6 is 0 Å². The molecule has 9 heteroatoms. The third-order valence-corrected chi connectivity index (χ3v) is 4.87. The molecule has 1 fully saturated rings. The lowest BCUT2D eigenvalue weighted by Crippen LogP contribution is -2.32. The topological polar surface area (TPSA) is 103 Å². The molecular formula is C21H25N3O6. The molecule has 30 heavy (non-hydrogen) atoms. The number of para-hydroxylation sites is 1. The number of methoxy groups -OCH3 is 2. The Morgan fingerprint density at radius 3 is 2.63 bits per heavy atom. The van der Waals surface area contributed by atoms with Crippen LogP contribution in [-0.4, -0.2) is 62.3 Å². The first-order valence-electron chi connectivity index (χ1n) is 9.62. The number of nitro groups is 1. The Morgan fingerprint density at radius 1 is 1.20 bits per heavy atom. The molecule has 0 radical (unpaired) electrons. The van der Waals surface area contributed by atoms with E-state index < -0.39 is 10.8 Å². The quantitative estimate of drug-likeness (QED) is 0.381. The Kier molecular flexibility index (Phi) is 7.08. The SMILES string of the molecule is COCCOc1cc([N+](=O)[O-])c(C(=O)N2CCC(Nc3ccccc3)C2)cc1OC. The summed E-state index contributed by atoms with van der Waals surface area (Å²) in [5.41, 5.74) is 0.644. The molecule has 1 aliphatic rings. The van der Waals surface area contributed by atoms with Gasteiger partial charge in [0.15, 0.2) is 11.5 Å². The van der Waals surface area contributed by atoms with Gasteiger partial charge in [-0.1, -0.05) is 18.2 Å². The first kappa shape index (κ1) is 21.4. The van der Waals surface area contributed by atoms with Crippen LogP contribution in [0.25, 0.3) is 0 Å². The predicted octanol–water partition coefficient (Wildman–Crippen LogP) is 2.96. The average Bonchev–Trinajstić information content (AvgIpc) is 3.22. The largest absolute Gasteiger partial charge is 0.493 e. The molecule has 1 aliphatic heterocycles. The molecule has 0 bridgehead atoms. The van der Waals surface area contributed by atoms with Crippen molar-refractivity contribution in [1.29, 1.82) is 0 Å². The molecular weight excluding hydrogens is 390 g/mol. The molecule has 1 heterocycles. The number of ether oxygens (including phenoxy) is 3. The number of carbonyl (C=O) groups is 1. The van der Waals surface area contributed by atoms with Crippen molar-refractivity contribution in [1.82, 2.24) is 4.90 Å². The van der Waals surface area contributed by atoms with Gasteiger partial charge in [-0.25, -0.2) is 0 Å². The van der Waals surface area contributed by atoms with Gasteiger partial charge in [-0.05, 0) is 18.6 Å². The summed E-state index contributed by atoms with van der Waals surface area (Å²) in [5.74, 6) is 0.0573. The number of hydrogen-bond acceptors (Lipinski definition) is 7. The lowest BCUT2D eigenvalue weighted by Gasteiger charge is -2.19. The minimum Gasteiger partial charge on any atom is -0.493 e. The normalized spacial score (nSPS) is 15.7. The van der Waals surface area contributed by atoms with Gasteiger partial charge in [-0.2, -0.15) is 0 Å². The lowest BCUT2D eigenvalue weighted by atomic mass is 10.1. The summed E-state index contributed by atoms with van der Waals surface area (Å²) in [7, 11) is 2.95. The zero-order valence-corrected chi connectivity index (χ0v) is 17.0. The third kappa shape index (κ3) is 4.98. The third-order valence-electron chi connectivity index (χ3n) is 4.87. The highest BCUT2D eigenvalue weighted by Crippen LogP contribution is 2.36. The molecule has 0 saturated carbocycles. The molecule has 0 aliphatic carbocycles. The van der Waals surface area contributed by atoms with Crippen LogP contribution in [0.1, 0.15) is 16.8 Å².